The number of phenols is 1. The highest BCUT2D eigenvalue weighted by Gasteiger charge is 2.17. The lowest BCUT2D eigenvalue weighted by molar-refractivity contribution is 0.0690. The van der Waals surface area contributed by atoms with Crippen molar-refractivity contribution in [2.75, 3.05) is 5.73 Å². The summed E-state index contributed by atoms with van der Waals surface area (Å²) in [6.07, 6.45) is 0. The number of para-hydroxylation sites is 1. The summed E-state index contributed by atoms with van der Waals surface area (Å²) in [5.74, 6) is -1.15. The van der Waals surface area contributed by atoms with E-state index >= 15 is 0 Å². The number of carboxylic acids is 1. The largest absolute Gasteiger partial charge is 0.505 e. The van der Waals surface area contributed by atoms with E-state index in [9.17, 15) is 9.90 Å². The average Bonchev–Trinajstić information content (AvgIpc) is 2.64. The van der Waals surface area contributed by atoms with Crippen LogP contribution in [0.3, 0.4) is 0 Å². The fourth-order valence-corrected chi connectivity index (χ4v) is 2.38. The fraction of sp³-hybridized carbons (Fsp3) is 0.0909. The number of nitrogens with two attached hydrogens (primary N) is 1. The minimum Gasteiger partial charge on any atom is -0.505 e. The molecule has 0 amide bonds. The van der Waals surface area contributed by atoms with Crippen LogP contribution in [-0.2, 0) is 0 Å². The Bertz CT molecular complexity index is 598. The van der Waals surface area contributed by atoms with Crippen molar-refractivity contribution in [1.82, 2.24) is 4.98 Å². The fourth-order valence-electron chi connectivity index (χ4n) is 1.44. The summed E-state index contributed by atoms with van der Waals surface area (Å²) >= 11 is 1.21. The SMILES string of the molecule is Br.Cc1sc(-c2cccc(N)c2O)nc1C(=O)O. The van der Waals surface area contributed by atoms with Crippen molar-refractivity contribution in [1.29, 1.82) is 0 Å². The van der Waals surface area contributed by atoms with Crippen LogP contribution in [-0.4, -0.2) is 21.2 Å². The summed E-state index contributed by atoms with van der Waals surface area (Å²) in [7, 11) is 0. The third-order valence-corrected chi connectivity index (χ3v) is 3.30. The van der Waals surface area contributed by atoms with Crippen molar-refractivity contribution in [3.05, 3.63) is 28.8 Å². The monoisotopic (exact) mass is 330 g/mol. The second-order valence-electron chi connectivity index (χ2n) is 3.47. The number of halogens is 1. The average molecular weight is 331 g/mol. The quantitative estimate of drug-likeness (QED) is 0.581. The van der Waals surface area contributed by atoms with Gasteiger partial charge in [-0.05, 0) is 19.1 Å². The van der Waals surface area contributed by atoms with Gasteiger partial charge < -0.3 is 15.9 Å². The number of benzene rings is 1. The van der Waals surface area contributed by atoms with E-state index in [-0.39, 0.29) is 34.1 Å². The van der Waals surface area contributed by atoms with Gasteiger partial charge in [-0.25, -0.2) is 9.78 Å². The Hall–Kier alpha value is -1.60. The molecule has 96 valence electrons. The van der Waals surface area contributed by atoms with Crippen LogP contribution in [0.4, 0.5) is 5.69 Å². The molecule has 2 aromatic rings. The summed E-state index contributed by atoms with van der Waals surface area (Å²) in [4.78, 5) is 15.5. The van der Waals surface area contributed by atoms with Gasteiger partial charge in [0, 0.05) is 4.88 Å². The number of carbonyl (C=O) groups is 1. The van der Waals surface area contributed by atoms with E-state index in [2.05, 4.69) is 4.98 Å². The van der Waals surface area contributed by atoms with Crippen LogP contribution in [0.25, 0.3) is 10.6 Å². The number of rotatable bonds is 2. The van der Waals surface area contributed by atoms with Crippen LogP contribution in [0.5, 0.6) is 5.75 Å². The smallest absolute Gasteiger partial charge is 0.355 e. The maximum absolute atomic E-state index is 10.9. The van der Waals surface area contributed by atoms with Gasteiger partial charge in [0.2, 0.25) is 0 Å². The van der Waals surface area contributed by atoms with E-state index in [1.165, 1.54) is 11.3 Å². The van der Waals surface area contributed by atoms with E-state index in [4.69, 9.17) is 10.8 Å². The first-order valence-electron chi connectivity index (χ1n) is 4.79. The van der Waals surface area contributed by atoms with Gasteiger partial charge in [-0.3, -0.25) is 0 Å². The van der Waals surface area contributed by atoms with Crippen LogP contribution < -0.4 is 5.73 Å². The molecule has 5 nitrogen and oxygen atoms in total. The van der Waals surface area contributed by atoms with Gasteiger partial charge >= 0.3 is 5.97 Å². The van der Waals surface area contributed by atoms with Gasteiger partial charge in [0.25, 0.3) is 0 Å². The zero-order valence-corrected chi connectivity index (χ0v) is 11.9. The molecule has 0 aliphatic carbocycles. The molecular weight excluding hydrogens is 320 g/mol. The predicted molar refractivity (Wildman–Crippen MR) is 75.6 cm³/mol. The van der Waals surface area contributed by atoms with E-state index in [0.29, 0.717) is 15.4 Å². The lowest BCUT2D eigenvalue weighted by atomic mass is 10.2. The number of nitrogens with zero attached hydrogens (tertiary/aromatic N) is 1. The second kappa shape index (κ2) is 5.36. The van der Waals surface area contributed by atoms with Crippen molar-refractivity contribution >= 4 is 40.0 Å². The number of hydrogen-bond acceptors (Lipinski definition) is 5. The molecule has 1 heterocycles. The van der Waals surface area contributed by atoms with Crippen LogP contribution >= 0.6 is 28.3 Å². The number of phenolic OH excluding ortho intramolecular Hbond substituents is 1. The Morgan fingerprint density at radius 3 is 2.67 bits per heavy atom. The Balaban J connectivity index is 0.00000162. The minimum absolute atomic E-state index is 0. The molecule has 18 heavy (non-hydrogen) atoms. The molecule has 2 rings (SSSR count). The number of carboxylic acid groups (broad SMARTS) is 1. The van der Waals surface area contributed by atoms with Gasteiger partial charge in [0.15, 0.2) is 5.69 Å². The van der Waals surface area contributed by atoms with Crippen LogP contribution in [0.1, 0.15) is 15.4 Å². The number of thiazole rings is 1. The molecule has 0 saturated heterocycles. The molecule has 0 aliphatic rings. The van der Waals surface area contributed by atoms with Crippen LogP contribution in [0.15, 0.2) is 18.2 Å². The summed E-state index contributed by atoms with van der Waals surface area (Å²) in [5, 5.41) is 19.1. The number of hydrogen-bond donors (Lipinski definition) is 3. The van der Waals surface area contributed by atoms with Crippen molar-refractivity contribution in [3.8, 4) is 16.3 Å². The highest BCUT2D eigenvalue weighted by molar-refractivity contribution is 8.93. The minimum atomic E-state index is -1.08. The van der Waals surface area contributed by atoms with E-state index in [1.54, 1.807) is 25.1 Å². The zero-order chi connectivity index (χ0) is 12.6. The summed E-state index contributed by atoms with van der Waals surface area (Å²) in [5.41, 5.74) is 6.27. The molecule has 0 unspecified atom stereocenters. The lowest BCUT2D eigenvalue weighted by Gasteiger charge is -2.02. The Kier molecular flexibility index (Phi) is 4.31. The summed E-state index contributed by atoms with van der Waals surface area (Å²) < 4.78 is 0. The van der Waals surface area contributed by atoms with Gasteiger partial charge in [0.05, 0.1) is 11.3 Å². The molecule has 0 radical (unpaired) electrons. The first-order chi connectivity index (χ1) is 8.00. The molecular formula is C11H11BrN2O3S. The van der Waals surface area contributed by atoms with Crippen molar-refractivity contribution in [3.63, 3.8) is 0 Å². The van der Waals surface area contributed by atoms with Gasteiger partial charge in [-0.2, -0.15) is 0 Å². The Labute approximate surface area is 118 Å². The number of aromatic nitrogens is 1. The molecule has 0 bridgehead atoms. The lowest BCUT2D eigenvalue weighted by Crippen LogP contribution is -1.98. The number of anilines is 1. The molecule has 7 heteroatoms. The molecule has 0 atom stereocenters. The maximum Gasteiger partial charge on any atom is 0.355 e. The van der Waals surface area contributed by atoms with Crippen LogP contribution in [0, 0.1) is 6.92 Å². The van der Waals surface area contributed by atoms with Crippen molar-refractivity contribution < 1.29 is 15.0 Å². The summed E-state index contributed by atoms with van der Waals surface area (Å²) in [6, 6.07) is 4.90. The van der Waals surface area contributed by atoms with Crippen molar-refractivity contribution in [2.45, 2.75) is 6.92 Å². The highest BCUT2D eigenvalue weighted by atomic mass is 79.9. The van der Waals surface area contributed by atoms with Gasteiger partial charge in [0.1, 0.15) is 10.8 Å². The topological polar surface area (TPSA) is 96.4 Å². The number of aromatic carboxylic acids is 1. The molecule has 0 spiro atoms. The molecule has 4 N–H and O–H groups in total. The Morgan fingerprint density at radius 2 is 2.11 bits per heavy atom. The predicted octanol–water partition coefficient (Wildman–Crippen LogP) is 2.68. The number of aryl methyl sites for hydroxylation is 1. The first kappa shape index (κ1) is 14.5. The van der Waals surface area contributed by atoms with E-state index in [0.717, 1.165) is 0 Å². The van der Waals surface area contributed by atoms with Crippen molar-refractivity contribution in [2.24, 2.45) is 0 Å². The van der Waals surface area contributed by atoms with E-state index in [1.807, 2.05) is 0 Å². The molecule has 1 aromatic heterocycles. The molecule has 0 aliphatic heterocycles. The zero-order valence-electron chi connectivity index (χ0n) is 9.38. The number of nitrogen functional groups attached to an aromatic ring is 1. The normalized spacial score (nSPS) is 9.83. The molecule has 0 fully saturated rings. The molecule has 1 aromatic carbocycles. The highest BCUT2D eigenvalue weighted by Crippen LogP contribution is 2.36. The Morgan fingerprint density at radius 1 is 1.44 bits per heavy atom. The first-order valence-corrected chi connectivity index (χ1v) is 5.61. The standard InChI is InChI=1S/C11H10N2O3S.BrH/c1-5-8(11(15)16)13-10(17-5)6-3-2-4-7(12)9(6)14;/h2-4,14H,12H2,1H3,(H,15,16);1H. The second-order valence-corrected chi connectivity index (χ2v) is 4.68. The van der Waals surface area contributed by atoms with Gasteiger partial charge in [-0.15, -0.1) is 28.3 Å². The summed E-state index contributed by atoms with van der Waals surface area (Å²) in [6.45, 7) is 1.67. The van der Waals surface area contributed by atoms with E-state index < -0.39 is 5.97 Å². The maximum atomic E-state index is 10.9. The third kappa shape index (κ3) is 2.46. The molecule has 0 saturated carbocycles. The van der Waals surface area contributed by atoms with Gasteiger partial charge in [-0.1, -0.05) is 6.07 Å². The third-order valence-electron chi connectivity index (χ3n) is 2.30. The van der Waals surface area contributed by atoms with Crippen LogP contribution in [0.2, 0.25) is 0 Å². The number of aromatic hydroxyl groups is 1.